The SMILES string of the molecule is C[Si](C)(C)Cc1c(C#N)c(C(F)(F)F)nn1-c1c(Cl)cc(C(F)(F)F)cc1Cl. The average molecular weight is 460 g/mol. The van der Waals surface area contributed by atoms with Crippen LogP contribution in [0.3, 0.4) is 0 Å². The molecule has 1 aromatic heterocycles. The lowest BCUT2D eigenvalue weighted by molar-refractivity contribution is -0.141. The molecule has 0 amide bonds. The van der Waals surface area contributed by atoms with Crippen molar-refractivity contribution in [3.05, 3.63) is 44.7 Å². The van der Waals surface area contributed by atoms with Crippen LogP contribution in [0.15, 0.2) is 12.1 Å². The maximum atomic E-state index is 13.4. The van der Waals surface area contributed by atoms with Crippen LogP contribution in [0, 0.1) is 11.3 Å². The van der Waals surface area contributed by atoms with Crippen LogP contribution in [0.4, 0.5) is 26.3 Å². The van der Waals surface area contributed by atoms with Gasteiger partial charge in [-0.3, -0.25) is 0 Å². The summed E-state index contributed by atoms with van der Waals surface area (Å²) < 4.78 is 79.7. The monoisotopic (exact) mass is 459 g/mol. The van der Waals surface area contributed by atoms with Crippen LogP contribution in [0.2, 0.25) is 29.7 Å². The van der Waals surface area contributed by atoms with E-state index < -0.39 is 47.3 Å². The average Bonchev–Trinajstić information content (AvgIpc) is 2.82. The first-order valence-electron chi connectivity index (χ1n) is 7.72. The van der Waals surface area contributed by atoms with Gasteiger partial charge in [-0.25, -0.2) is 4.68 Å². The number of benzene rings is 1. The van der Waals surface area contributed by atoms with Crippen molar-refractivity contribution in [1.82, 2.24) is 9.78 Å². The van der Waals surface area contributed by atoms with E-state index in [1.165, 1.54) is 6.07 Å². The number of hydrogen-bond donors (Lipinski definition) is 0. The van der Waals surface area contributed by atoms with Crippen molar-refractivity contribution in [2.24, 2.45) is 0 Å². The van der Waals surface area contributed by atoms with Gasteiger partial charge in [0.25, 0.3) is 0 Å². The lowest BCUT2D eigenvalue weighted by Gasteiger charge is -2.19. The van der Waals surface area contributed by atoms with E-state index in [4.69, 9.17) is 23.2 Å². The van der Waals surface area contributed by atoms with Crippen molar-refractivity contribution in [2.45, 2.75) is 38.0 Å². The number of halogens is 8. The van der Waals surface area contributed by atoms with Gasteiger partial charge in [-0.15, -0.1) is 0 Å². The van der Waals surface area contributed by atoms with Crippen LogP contribution in [0.25, 0.3) is 5.69 Å². The van der Waals surface area contributed by atoms with Gasteiger partial charge in [0.05, 0.1) is 29.4 Å². The van der Waals surface area contributed by atoms with E-state index in [0.29, 0.717) is 12.1 Å². The molecule has 0 spiro atoms. The van der Waals surface area contributed by atoms with Gasteiger partial charge >= 0.3 is 12.4 Å². The minimum atomic E-state index is -4.94. The van der Waals surface area contributed by atoms with Crippen LogP contribution in [-0.2, 0) is 18.4 Å². The molecule has 0 atom stereocenters. The minimum Gasteiger partial charge on any atom is -0.233 e. The lowest BCUT2D eigenvalue weighted by atomic mass is 10.1. The predicted octanol–water partition coefficient (Wildman–Crippen LogP) is 6.51. The fourth-order valence-electron chi connectivity index (χ4n) is 2.55. The Morgan fingerprint density at radius 1 is 1.04 bits per heavy atom. The normalized spacial score (nSPS) is 12.9. The van der Waals surface area contributed by atoms with Crippen LogP contribution in [0.5, 0.6) is 0 Å². The molecule has 3 nitrogen and oxygen atoms in total. The molecule has 0 fully saturated rings. The molecule has 1 heterocycles. The number of rotatable bonds is 3. The third kappa shape index (κ3) is 4.64. The first kappa shape index (κ1) is 22.6. The maximum absolute atomic E-state index is 13.4. The van der Waals surface area contributed by atoms with Gasteiger partial charge in [-0.1, -0.05) is 42.8 Å². The summed E-state index contributed by atoms with van der Waals surface area (Å²) >= 11 is 11.9. The Morgan fingerprint density at radius 2 is 1.54 bits per heavy atom. The van der Waals surface area contributed by atoms with Gasteiger partial charge in [0.1, 0.15) is 17.3 Å². The van der Waals surface area contributed by atoms with E-state index in [1.54, 1.807) is 0 Å². The number of aromatic nitrogens is 2. The Bertz CT molecular complexity index is 928. The summed E-state index contributed by atoms with van der Waals surface area (Å²) in [7, 11) is -2.08. The van der Waals surface area contributed by atoms with Crippen LogP contribution in [-0.4, -0.2) is 17.9 Å². The van der Waals surface area contributed by atoms with E-state index in [1.807, 2.05) is 19.6 Å². The summed E-state index contributed by atoms with van der Waals surface area (Å²) in [5.74, 6) is 0. The van der Waals surface area contributed by atoms with Crippen LogP contribution < -0.4 is 0 Å². The van der Waals surface area contributed by atoms with Crippen molar-refractivity contribution >= 4 is 31.3 Å². The van der Waals surface area contributed by atoms with Gasteiger partial charge in [-0.2, -0.15) is 36.7 Å². The molecule has 0 unspecified atom stereocenters. The summed E-state index contributed by atoms with van der Waals surface area (Å²) in [5, 5.41) is 11.7. The molecule has 0 aliphatic rings. The van der Waals surface area contributed by atoms with E-state index in [2.05, 4.69) is 5.10 Å². The van der Waals surface area contributed by atoms with Gasteiger partial charge < -0.3 is 0 Å². The number of nitriles is 1. The van der Waals surface area contributed by atoms with E-state index in [9.17, 15) is 31.6 Å². The van der Waals surface area contributed by atoms with Gasteiger partial charge in [0.15, 0.2) is 5.69 Å². The van der Waals surface area contributed by atoms with Crippen LogP contribution >= 0.6 is 23.2 Å². The first-order valence-corrected chi connectivity index (χ1v) is 12.2. The molecule has 2 rings (SSSR count). The van der Waals surface area contributed by atoms with Gasteiger partial charge in [0.2, 0.25) is 0 Å². The van der Waals surface area contributed by atoms with Crippen molar-refractivity contribution in [2.75, 3.05) is 0 Å². The topological polar surface area (TPSA) is 41.6 Å². The van der Waals surface area contributed by atoms with Crippen molar-refractivity contribution in [3.63, 3.8) is 0 Å². The van der Waals surface area contributed by atoms with E-state index in [-0.39, 0.29) is 17.4 Å². The molecular formula is C16H13Cl2F6N3Si. The largest absolute Gasteiger partial charge is 0.436 e. The zero-order valence-electron chi connectivity index (χ0n) is 14.7. The maximum Gasteiger partial charge on any atom is 0.436 e. The summed E-state index contributed by atoms with van der Waals surface area (Å²) in [4.78, 5) is 0. The first-order chi connectivity index (χ1) is 12.6. The summed E-state index contributed by atoms with van der Waals surface area (Å²) in [5.41, 5.74) is -3.70. The molecule has 2 aromatic rings. The Hall–Kier alpha value is -1.70. The van der Waals surface area contributed by atoms with Crippen molar-refractivity contribution in [3.8, 4) is 11.8 Å². The minimum absolute atomic E-state index is 0.0856. The van der Waals surface area contributed by atoms with Crippen molar-refractivity contribution < 1.29 is 26.3 Å². The molecule has 0 aliphatic heterocycles. The standard InChI is InChI=1S/C16H13Cl2F6N3Si/c1-28(2,3)7-12-9(6-25)14(16(22,23)24)26-27(12)13-10(17)4-8(5-11(13)18)15(19,20)21/h4-5H,7H2,1-3H3. The molecular weight excluding hydrogens is 447 g/mol. The molecule has 0 bridgehead atoms. The molecule has 0 N–H and O–H groups in total. The summed E-state index contributed by atoms with van der Waals surface area (Å²) in [6.45, 7) is 5.57. The van der Waals surface area contributed by atoms with Gasteiger partial charge in [-0.05, 0) is 18.2 Å². The third-order valence-corrected chi connectivity index (χ3v) is 5.59. The fraction of sp³-hybridized carbons (Fsp3) is 0.375. The van der Waals surface area contributed by atoms with E-state index >= 15 is 0 Å². The summed E-state index contributed by atoms with van der Waals surface area (Å²) in [6, 6.07) is 2.73. The fourth-order valence-corrected chi connectivity index (χ4v) is 4.53. The number of alkyl halides is 6. The molecule has 0 radical (unpaired) electrons. The van der Waals surface area contributed by atoms with Crippen molar-refractivity contribution in [1.29, 1.82) is 5.26 Å². The smallest absolute Gasteiger partial charge is 0.233 e. The molecule has 0 saturated heterocycles. The highest BCUT2D eigenvalue weighted by atomic mass is 35.5. The molecule has 0 saturated carbocycles. The molecule has 0 aliphatic carbocycles. The predicted molar refractivity (Wildman–Crippen MR) is 95.4 cm³/mol. The second-order valence-electron chi connectivity index (χ2n) is 7.22. The second-order valence-corrected chi connectivity index (χ2v) is 13.5. The Kier molecular flexibility index (Phi) is 5.87. The number of nitrogens with zero attached hydrogens (tertiary/aromatic N) is 3. The second kappa shape index (κ2) is 7.28. The molecule has 12 heteroatoms. The van der Waals surface area contributed by atoms with Crippen LogP contribution in [0.1, 0.15) is 22.5 Å². The zero-order chi connectivity index (χ0) is 21.7. The molecule has 1 aromatic carbocycles. The van der Waals surface area contributed by atoms with E-state index in [0.717, 1.165) is 4.68 Å². The van der Waals surface area contributed by atoms with Gasteiger partial charge in [0, 0.05) is 0 Å². The Balaban J connectivity index is 2.86. The summed E-state index contributed by atoms with van der Waals surface area (Å²) in [6.07, 6.45) is -9.68. The third-order valence-electron chi connectivity index (χ3n) is 3.62. The highest BCUT2D eigenvalue weighted by Crippen LogP contribution is 2.40. The number of hydrogen-bond acceptors (Lipinski definition) is 2. The Morgan fingerprint density at radius 3 is 1.89 bits per heavy atom. The lowest BCUT2D eigenvalue weighted by Crippen LogP contribution is -2.26. The zero-order valence-corrected chi connectivity index (χ0v) is 17.2. The Labute approximate surface area is 167 Å². The highest BCUT2D eigenvalue weighted by molar-refractivity contribution is 6.75. The quantitative estimate of drug-likeness (QED) is 0.387. The molecule has 152 valence electrons. The highest BCUT2D eigenvalue weighted by Gasteiger charge is 2.41. The molecule has 28 heavy (non-hydrogen) atoms.